The third-order valence-corrected chi connectivity index (χ3v) is 3.46. The fourth-order valence-electron chi connectivity index (χ4n) is 2.14. The molecule has 0 aromatic carbocycles. The molecule has 0 radical (unpaired) electrons. The predicted molar refractivity (Wildman–Crippen MR) is 65.6 cm³/mol. The summed E-state index contributed by atoms with van der Waals surface area (Å²) in [6, 6.07) is 0. The Morgan fingerprint density at radius 1 is 1.26 bits per heavy atom. The minimum atomic E-state index is -1.17. The second-order valence-electron chi connectivity index (χ2n) is 4.25. The highest BCUT2D eigenvalue weighted by atomic mass is 32.1. The van der Waals surface area contributed by atoms with Crippen LogP contribution in [0, 0.1) is 0 Å². The van der Waals surface area contributed by atoms with Crippen molar-refractivity contribution in [1.82, 2.24) is 19.5 Å². The monoisotopic (exact) mass is 284 g/mol. The van der Waals surface area contributed by atoms with Gasteiger partial charge in [-0.15, -0.1) is 12.6 Å². The molecule has 0 spiro atoms. The Kier molecular flexibility index (Phi) is 3.15. The number of thiol groups is 1. The summed E-state index contributed by atoms with van der Waals surface area (Å²) in [5, 5.41) is 29.2. The summed E-state index contributed by atoms with van der Waals surface area (Å²) in [5.74, 6) is 0. The Morgan fingerprint density at radius 2 is 2.05 bits per heavy atom. The number of ether oxygens (including phenoxy) is 1. The second-order valence-corrected chi connectivity index (χ2v) is 4.67. The molecule has 3 rings (SSSR count). The number of aliphatic hydroxyl groups is 3. The molecule has 0 bridgehead atoms. The first-order valence-corrected chi connectivity index (χ1v) is 6.07. The van der Waals surface area contributed by atoms with Crippen molar-refractivity contribution in [1.29, 1.82) is 0 Å². The van der Waals surface area contributed by atoms with E-state index in [1.54, 1.807) is 0 Å². The van der Waals surface area contributed by atoms with Crippen molar-refractivity contribution in [3.8, 4) is 0 Å². The Bertz CT molecular complexity index is 606. The SMILES string of the molecule is OC[C@@H]1O[C@H](n2cnc3c(S)ncnc32)[C@@H](O)[C@H]1O. The van der Waals surface area contributed by atoms with Gasteiger partial charge in [-0.2, -0.15) is 0 Å². The molecule has 1 aliphatic rings. The molecular formula is C10H12N4O4S. The highest BCUT2D eigenvalue weighted by Crippen LogP contribution is 2.31. The molecule has 0 aliphatic carbocycles. The Labute approximate surface area is 113 Å². The molecule has 4 atom stereocenters. The molecule has 3 heterocycles. The first kappa shape index (κ1) is 12.8. The van der Waals surface area contributed by atoms with E-state index in [9.17, 15) is 10.2 Å². The molecule has 8 nitrogen and oxygen atoms in total. The summed E-state index contributed by atoms with van der Waals surface area (Å²) < 4.78 is 6.90. The van der Waals surface area contributed by atoms with Crippen LogP contribution < -0.4 is 0 Å². The van der Waals surface area contributed by atoms with Crippen LogP contribution in [0.3, 0.4) is 0 Å². The maximum absolute atomic E-state index is 9.96. The molecule has 2 aromatic heterocycles. The van der Waals surface area contributed by atoms with Gasteiger partial charge in [0.25, 0.3) is 0 Å². The van der Waals surface area contributed by atoms with E-state index in [1.807, 2.05) is 0 Å². The molecule has 2 aromatic rings. The zero-order valence-corrected chi connectivity index (χ0v) is 10.6. The molecular weight excluding hydrogens is 272 g/mol. The largest absolute Gasteiger partial charge is 0.394 e. The van der Waals surface area contributed by atoms with E-state index >= 15 is 0 Å². The van der Waals surface area contributed by atoms with Crippen LogP contribution in [0.4, 0.5) is 0 Å². The fraction of sp³-hybridized carbons (Fsp3) is 0.500. The van der Waals surface area contributed by atoms with Crippen LogP contribution in [0.2, 0.25) is 0 Å². The Balaban J connectivity index is 2.04. The van der Waals surface area contributed by atoms with E-state index < -0.39 is 24.5 Å². The number of nitrogens with zero attached hydrogens (tertiary/aromatic N) is 4. The van der Waals surface area contributed by atoms with Crippen LogP contribution in [-0.4, -0.2) is 59.8 Å². The van der Waals surface area contributed by atoms with Gasteiger partial charge in [0.15, 0.2) is 11.9 Å². The van der Waals surface area contributed by atoms with E-state index in [-0.39, 0.29) is 6.61 Å². The molecule has 0 saturated carbocycles. The molecule has 0 amide bonds. The Hall–Kier alpha value is -1.26. The van der Waals surface area contributed by atoms with Crippen molar-refractivity contribution in [3.63, 3.8) is 0 Å². The molecule has 0 unspecified atom stereocenters. The number of aromatic nitrogens is 4. The molecule has 1 aliphatic heterocycles. The fourth-order valence-corrected chi connectivity index (χ4v) is 2.35. The number of hydrogen-bond donors (Lipinski definition) is 4. The first-order valence-electron chi connectivity index (χ1n) is 5.62. The lowest BCUT2D eigenvalue weighted by Gasteiger charge is -2.16. The van der Waals surface area contributed by atoms with E-state index in [0.717, 1.165) is 0 Å². The van der Waals surface area contributed by atoms with Crippen LogP contribution in [0.25, 0.3) is 11.2 Å². The van der Waals surface area contributed by atoms with Crippen molar-refractivity contribution in [2.45, 2.75) is 29.6 Å². The van der Waals surface area contributed by atoms with Crippen molar-refractivity contribution in [2.24, 2.45) is 0 Å². The van der Waals surface area contributed by atoms with Gasteiger partial charge in [-0.1, -0.05) is 0 Å². The lowest BCUT2D eigenvalue weighted by molar-refractivity contribution is -0.0511. The normalized spacial score (nSPS) is 31.2. The number of fused-ring (bicyclic) bond motifs is 1. The van der Waals surface area contributed by atoms with Crippen molar-refractivity contribution in [3.05, 3.63) is 12.7 Å². The predicted octanol–water partition coefficient (Wildman–Crippen LogP) is -1.27. The van der Waals surface area contributed by atoms with Gasteiger partial charge in [0.2, 0.25) is 0 Å². The lowest BCUT2D eigenvalue weighted by atomic mass is 10.1. The second kappa shape index (κ2) is 4.69. The van der Waals surface area contributed by atoms with Gasteiger partial charge in [-0.3, -0.25) is 4.57 Å². The quantitative estimate of drug-likeness (QED) is 0.401. The van der Waals surface area contributed by atoms with Gasteiger partial charge in [-0.05, 0) is 0 Å². The zero-order valence-electron chi connectivity index (χ0n) is 9.66. The van der Waals surface area contributed by atoms with E-state index in [0.29, 0.717) is 16.2 Å². The van der Waals surface area contributed by atoms with Crippen molar-refractivity contribution >= 4 is 23.8 Å². The van der Waals surface area contributed by atoms with E-state index in [4.69, 9.17) is 9.84 Å². The van der Waals surface area contributed by atoms with Gasteiger partial charge in [0.1, 0.15) is 35.2 Å². The summed E-state index contributed by atoms with van der Waals surface area (Å²) >= 11 is 4.16. The van der Waals surface area contributed by atoms with Crippen LogP contribution in [0.5, 0.6) is 0 Å². The number of rotatable bonds is 2. The topological polar surface area (TPSA) is 114 Å². The average molecular weight is 284 g/mol. The van der Waals surface area contributed by atoms with Crippen LogP contribution >= 0.6 is 12.6 Å². The smallest absolute Gasteiger partial charge is 0.166 e. The zero-order chi connectivity index (χ0) is 13.6. The van der Waals surface area contributed by atoms with E-state index in [2.05, 4.69) is 27.6 Å². The highest BCUT2D eigenvalue weighted by molar-refractivity contribution is 7.80. The Morgan fingerprint density at radius 3 is 2.74 bits per heavy atom. The van der Waals surface area contributed by atoms with Gasteiger partial charge in [0.05, 0.1) is 12.9 Å². The van der Waals surface area contributed by atoms with Crippen LogP contribution in [0.15, 0.2) is 17.7 Å². The minimum absolute atomic E-state index is 0.381. The molecule has 1 saturated heterocycles. The number of aliphatic hydroxyl groups excluding tert-OH is 3. The molecule has 3 N–H and O–H groups in total. The summed E-state index contributed by atoms with van der Waals surface area (Å²) in [7, 11) is 0. The molecule has 1 fully saturated rings. The van der Waals surface area contributed by atoms with Gasteiger partial charge >= 0.3 is 0 Å². The van der Waals surface area contributed by atoms with Crippen molar-refractivity contribution in [2.75, 3.05) is 6.61 Å². The maximum atomic E-state index is 9.96. The highest BCUT2D eigenvalue weighted by Gasteiger charge is 2.43. The molecule has 9 heteroatoms. The van der Waals surface area contributed by atoms with E-state index in [1.165, 1.54) is 17.2 Å². The summed E-state index contributed by atoms with van der Waals surface area (Å²) in [4.78, 5) is 12.1. The first-order chi connectivity index (χ1) is 9.13. The third-order valence-electron chi connectivity index (χ3n) is 3.13. The van der Waals surface area contributed by atoms with Crippen molar-refractivity contribution < 1.29 is 20.1 Å². The average Bonchev–Trinajstić information content (AvgIpc) is 2.94. The number of imidazole rings is 1. The summed E-state index contributed by atoms with van der Waals surface area (Å²) in [6.07, 6.45) is -1.28. The lowest BCUT2D eigenvalue weighted by Crippen LogP contribution is -2.33. The maximum Gasteiger partial charge on any atom is 0.166 e. The summed E-state index contributed by atoms with van der Waals surface area (Å²) in [6.45, 7) is -0.381. The van der Waals surface area contributed by atoms with Crippen LogP contribution in [0.1, 0.15) is 6.23 Å². The molecule has 102 valence electrons. The molecule has 19 heavy (non-hydrogen) atoms. The minimum Gasteiger partial charge on any atom is -0.394 e. The third kappa shape index (κ3) is 1.90. The summed E-state index contributed by atoms with van der Waals surface area (Å²) in [5.41, 5.74) is 0.915. The van der Waals surface area contributed by atoms with Gasteiger partial charge in [0, 0.05) is 0 Å². The standard InChI is InChI=1S/C10H12N4O4S/c15-1-4-6(16)7(17)10(18-4)14-3-13-5-8(14)11-2-12-9(5)19/h2-4,6-7,10,15-17H,1H2,(H,11,12,19)/t4-,6-,7-,10-/m0/s1. The van der Waals surface area contributed by atoms with Gasteiger partial charge < -0.3 is 20.1 Å². The van der Waals surface area contributed by atoms with Crippen LogP contribution in [-0.2, 0) is 4.74 Å². The number of hydrogen-bond acceptors (Lipinski definition) is 8. The van der Waals surface area contributed by atoms with Gasteiger partial charge in [-0.25, -0.2) is 15.0 Å².